The van der Waals surface area contributed by atoms with Crippen LogP contribution in [0, 0.1) is 0 Å². The topological polar surface area (TPSA) is 112 Å². The lowest BCUT2D eigenvalue weighted by Crippen LogP contribution is -2.46. The van der Waals surface area contributed by atoms with Crippen molar-refractivity contribution in [2.75, 3.05) is 30.4 Å². The lowest BCUT2D eigenvalue weighted by atomic mass is 9.98. The Morgan fingerprint density at radius 3 is 2.94 bits per heavy atom. The first-order chi connectivity index (χ1) is 15.1. The van der Waals surface area contributed by atoms with Gasteiger partial charge >= 0.3 is 0 Å². The van der Waals surface area contributed by atoms with Gasteiger partial charge in [0, 0.05) is 22.7 Å². The number of para-hydroxylation sites is 1. The van der Waals surface area contributed by atoms with E-state index in [-0.39, 0.29) is 17.9 Å². The summed E-state index contributed by atoms with van der Waals surface area (Å²) < 4.78 is 12.0. The Morgan fingerprint density at radius 1 is 1.16 bits per heavy atom. The highest BCUT2D eigenvalue weighted by atomic mass is 35.5. The van der Waals surface area contributed by atoms with Gasteiger partial charge in [-0.25, -0.2) is 15.0 Å². The standard InChI is InChI=1S/C21H21ClN6O2S/c22-18-16(5-6-25-19(18)24)31-17-10-26-20-21(27-17)30-11-12-9-14(23)13-3-1-2-4-15(13)29-8-7-28(12)20/h1-6,10,12,14H,7-9,11,23H2,(H2,24,25)/t12-,14-/m1/s1. The fourth-order valence-electron chi connectivity index (χ4n) is 3.84. The quantitative estimate of drug-likeness (QED) is 0.599. The molecule has 0 radical (unpaired) electrons. The van der Waals surface area contributed by atoms with Crippen LogP contribution in [0.2, 0.25) is 5.02 Å². The van der Waals surface area contributed by atoms with Gasteiger partial charge in [0.2, 0.25) is 0 Å². The van der Waals surface area contributed by atoms with Gasteiger partial charge in [-0.3, -0.25) is 0 Å². The van der Waals surface area contributed by atoms with E-state index in [0.29, 0.717) is 41.5 Å². The third-order valence-corrected chi connectivity index (χ3v) is 6.83. The molecule has 10 heteroatoms. The average molecular weight is 457 g/mol. The molecule has 0 aliphatic carbocycles. The summed E-state index contributed by atoms with van der Waals surface area (Å²) in [6.07, 6.45) is 4.05. The SMILES string of the molecule is Nc1nccc(Sc2cnc3c(n2)OC[C@H]2C[C@@H](N)c4ccccc4OCCN32)c1Cl. The van der Waals surface area contributed by atoms with Crippen molar-refractivity contribution >= 4 is 35.0 Å². The number of fused-ring (bicyclic) bond motifs is 4. The summed E-state index contributed by atoms with van der Waals surface area (Å²) in [6, 6.07) is 9.64. The molecule has 2 aromatic heterocycles. The minimum absolute atomic E-state index is 0.0829. The number of hydrogen-bond donors (Lipinski definition) is 2. The highest BCUT2D eigenvalue weighted by Crippen LogP contribution is 2.39. The molecular formula is C21H21ClN6O2S. The van der Waals surface area contributed by atoms with Crippen LogP contribution in [0.5, 0.6) is 11.6 Å². The third kappa shape index (κ3) is 3.96. The van der Waals surface area contributed by atoms with Gasteiger partial charge in [0.15, 0.2) is 5.82 Å². The number of pyridine rings is 1. The number of nitrogens with two attached hydrogens (primary N) is 2. The zero-order chi connectivity index (χ0) is 21.4. The van der Waals surface area contributed by atoms with Crippen LogP contribution in [0.3, 0.4) is 0 Å². The maximum Gasteiger partial charge on any atom is 0.258 e. The minimum atomic E-state index is -0.158. The molecule has 2 atom stereocenters. The van der Waals surface area contributed by atoms with Crippen molar-refractivity contribution in [1.82, 2.24) is 15.0 Å². The van der Waals surface area contributed by atoms with Gasteiger partial charge in [-0.15, -0.1) is 0 Å². The number of rotatable bonds is 2. The van der Waals surface area contributed by atoms with E-state index in [1.54, 1.807) is 18.5 Å². The van der Waals surface area contributed by atoms with Crippen molar-refractivity contribution in [3.63, 3.8) is 0 Å². The van der Waals surface area contributed by atoms with Gasteiger partial charge in [-0.2, -0.15) is 0 Å². The summed E-state index contributed by atoms with van der Waals surface area (Å²) in [6.45, 7) is 1.66. The van der Waals surface area contributed by atoms with Crippen molar-refractivity contribution in [2.24, 2.45) is 5.73 Å². The van der Waals surface area contributed by atoms with Crippen molar-refractivity contribution in [2.45, 2.75) is 28.4 Å². The summed E-state index contributed by atoms with van der Waals surface area (Å²) in [5.74, 6) is 2.31. The van der Waals surface area contributed by atoms with Gasteiger partial charge < -0.3 is 25.8 Å². The lowest BCUT2D eigenvalue weighted by Gasteiger charge is -2.37. The van der Waals surface area contributed by atoms with Crippen molar-refractivity contribution in [1.29, 1.82) is 0 Å². The molecule has 0 saturated carbocycles. The summed E-state index contributed by atoms with van der Waals surface area (Å²) in [4.78, 5) is 16.2. The molecule has 4 heterocycles. The van der Waals surface area contributed by atoms with Crippen LogP contribution in [-0.2, 0) is 0 Å². The molecule has 0 fully saturated rings. The molecule has 1 aromatic carbocycles. The summed E-state index contributed by atoms with van der Waals surface area (Å²) >= 11 is 7.62. The van der Waals surface area contributed by atoms with E-state index in [4.69, 9.17) is 32.5 Å². The third-order valence-electron chi connectivity index (χ3n) is 5.36. The van der Waals surface area contributed by atoms with E-state index in [1.165, 1.54) is 11.8 Å². The monoisotopic (exact) mass is 456 g/mol. The molecule has 8 nitrogen and oxygen atoms in total. The minimum Gasteiger partial charge on any atom is -0.491 e. The van der Waals surface area contributed by atoms with E-state index in [0.717, 1.165) is 22.6 Å². The molecule has 0 unspecified atom stereocenters. The number of aromatic nitrogens is 3. The molecule has 4 N–H and O–H groups in total. The summed E-state index contributed by atoms with van der Waals surface area (Å²) in [5, 5.41) is 1.06. The van der Waals surface area contributed by atoms with E-state index >= 15 is 0 Å². The van der Waals surface area contributed by atoms with E-state index in [2.05, 4.69) is 19.9 Å². The number of hydrogen-bond acceptors (Lipinski definition) is 9. The summed E-state index contributed by atoms with van der Waals surface area (Å²) in [5.41, 5.74) is 13.3. The van der Waals surface area contributed by atoms with E-state index in [1.807, 2.05) is 24.3 Å². The highest BCUT2D eigenvalue weighted by Gasteiger charge is 2.33. The second-order valence-electron chi connectivity index (χ2n) is 7.33. The smallest absolute Gasteiger partial charge is 0.258 e. The van der Waals surface area contributed by atoms with Crippen LogP contribution < -0.4 is 25.8 Å². The van der Waals surface area contributed by atoms with E-state index < -0.39 is 0 Å². The molecule has 0 spiro atoms. The molecule has 0 amide bonds. The Hall–Kier alpha value is -2.75. The molecular weight excluding hydrogens is 436 g/mol. The largest absolute Gasteiger partial charge is 0.491 e. The van der Waals surface area contributed by atoms with E-state index in [9.17, 15) is 0 Å². The molecule has 3 aromatic rings. The zero-order valence-corrected chi connectivity index (χ0v) is 18.1. The molecule has 160 valence electrons. The molecule has 31 heavy (non-hydrogen) atoms. The molecule has 0 saturated heterocycles. The Morgan fingerprint density at radius 2 is 2.03 bits per heavy atom. The predicted molar refractivity (Wildman–Crippen MR) is 120 cm³/mol. The first kappa shape index (κ1) is 20.2. The van der Waals surface area contributed by atoms with Gasteiger partial charge in [-0.05, 0) is 18.6 Å². The highest BCUT2D eigenvalue weighted by molar-refractivity contribution is 7.99. The van der Waals surface area contributed by atoms with Crippen LogP contribution in [0.1, 0.15) is 18.0 Å². The second kappa shape index (κ2) is 8.41. The van der Waals surface area contributed by atoms with Gasteiger partial charge in [0.05, 0.1) is 23.8 Å². The fourth-order valence-corrected chi connectivity index (χ4v) is 4.85. The molecule has 2 aliphatic heterocycles. The number of benzene rings is 1. The maximum atomic E-state index is 6.52. The van der Waals surface area contributed by atoms with Crippen molar-refractivity contribution in [3.8, 4) is 11.6 Å². The molecule has 0 bridgehead atoms. The number of ether oxygens (including phenoxy) is 2. The Labute approximate surface area is 188 Å². The summed E-state index contributed by atoms with van der Waals surface area (Å²) in [7, 11) is 0. The van der Waals surface area contributed by atoms with Crippen molar-refractivity contribution in [3.05, 3.63) is 53.3 Å². The fraction of sp³-hybridized carbons (Fsp3) is 0.286. The maximum absolute atomic E-state index is 6.52. The molecule has 5 rings (SSSR count). The Kier molecular flexibility index (Phi) is 5.47. The van der Waals surface area contributed by atoms with Crippen LogP contribution in [-0.4, -0.2) is 40.8 Å². The number of halogens is 1. The Bertz CT molecular complexity index is 1120. The van der Waals surface area contributed by atoms with Crippen LogP contribution in [0.4, 0.5) is 11.6 Å². The van der Waals surface area contributed by atoms with Gasteiger partial charge in [0.25, 0.3) is 5.88 Å². The van der Waals surface area contributed by atoms with Crippen LogP contribution >= 0.6 is 23.4 Å². The molecule has 2 aliphatic rings. The predicted octanol–water partition coefficient (Wildman–Crippen LogP) is 3.31. The van der Waals surface area contributed by atoms with Crippen LogP contribution in [0.25, 0.3) is 0 Å². The van der Waals surface area contributed by atoms with Gasteiger partial charge in [0.1, 0.15) is 29.8 Å². The number of nitrogen functional groups attached to an aromatic ring is 1. The zero-order valence-electron chi connectivity index (χ0n) is 16.6. The van der Waals surface area contributed by atoms with Crippen molar-refractivity contribution < 1.29 is 9.47 Å². The second-order valence-corrected chi connectivity index (χ2v) is 8.77. The number of nitrogens with zero attached hydrogens (tertiary/aromatic N) is 4. The lowest BCUT2D eigenvalue weighted by molar-refractivity contribution is 0.231. The number of anilines is 2. The normalized spacial score (nSPS) is 20.1. The van der Waals surface area contributed by atoms with Crippen LogP contribution in [0.15, 0.2) is 52.6 Å². The average Bonchev–Trinajstić information content (AvgIpc) is 2.84. The first-order valence-corrected chi connectivity index (χ1v) is 11.1. The van der Waals surface area contributed by atoms with Gasteiger partial charge in [-0.1, -0.05) is 41.6 Å². The first-order valence-electron chi connectivity index (χ1n) is 9.92. The Balaban J connectivity index is 1.41.